The highest BCUT2D eigenvalue weighted by Crippen LogP contribution is 2.15. The maximum atomic E-state index is 11.0. The van der Waals surface area contributed by atoms with Crippen LogP contribution in [-0.4, -0.2) is 72.9 Å². The van der Waals surface area contributed by atoms with Gasteiger partial charge in [0.1, 0.15) is 0 Å². The first kappa shape index (κ1) is 16.3. The van der Waals surface area contributed by atoms with Crippen molar-refractivity contribution in [3.05, 3.63) is 35.8 Å². The SMILES string of the molecule is CN(C)CCOCCN1C=C(c2cc(C(=O)O)ccn2)NC1. The second-order valence-corrected chi connectivity index (χ2v) is 5.34. The number of nitrogens with zero attached hydrogens (tertiary/aromatic N) is 3. The highest BCUT2D eigenvalue weighted by molar-refractivity contribution is 5.88. The molecular weight excluding hydrogens is 284 g/mol. The van der Waals surface area contributed by atoms with Gasteiger partial charge in [0.2, 0.25) is 0 Å². The molecule has 1 aliphatic heterocycles. The molecule has 0 spiro atoms. The summed E-state index contributed by atoms with van der Waals surface area (Å²) in [7, 11) is 4.03. The normalized spacial score (nSPS) is 14.1. The van der Waals surface area contributed by atoms with Crippen molar-refractivity contribution in [1.82, 2.24) is 20.1 Å². The fourth-order valence-corrected chi connectivity index (χ4v) is 2.00. The van der Waals surface area contributed by atoms with Crippen molar-refractivity contribution in [2.75, 3.05) is 47.1 Å². The van der Waals surface area contributed by atoms with Crippen LogP contribution in [0.1, 0.15) is 16.1 Å². The fraction of sp³-hybridized carbons (Fsp3) is 0.467. The molecule has 1 aromatic rings. The molecule has 7 heteroatoms. The molecule has 1 aliphatic rings. The van der Waals surface area contributed by atoms with Gasteiger partial charge in [-0.1, -0.05) is 0 Å². The number of carboxylic acids is 1. The van der Waals surface area contributed by atoms with E-state index in [4.69, 9.17) is 9.84 Å². The van der Waals surface area contributed by atoms with Crippen molar-refractivity contribution in [2.45, 2.75) is 0 Å². The van der Waals surface area contributed by atoms with Gasteiger partial charge in [0.15, 0.2) is 0 Å². The number of carboxylic acid groups (broad SMARTS) is 1. The summed E-state index contributed by atoms with van der Waals surface area (Å²) in [5.41, 5.74) is 1.70. The minimum atomic E-state index is -0.951. The van der Waals surface area contributed by atoms with Crippen molar-refractivity contribution in [3.8, 4) is 0 Å². The Labute approximate surface area is 130 Å². The van der Waals surface area contributed by atoms with Gasteiger partial charge >= 0.3 is 5.97 Å². The first-order valence-electron chi connectivity index (χ1n) is 7.18. The molecule has 0 amide bonds. The molecule has 2 N–H and O–H groups in total. The molecule has 0 atom stereocenters. The van der Waals surface area contributed by atoms with Gasteiger partial charge in [-0.2, -0.15) is 0 Å². The molecule has 0 unspecified atom stereocenters. The lowest BCUT2D eigenvalue weighted by atomic mass is 10.2. The molecule has 0 bridgehead atoms. The predicted molar refractivity (Wildman–Crippen MR) is 83.3 cm³/mol. The van der Waals surface area contributed by atoms with Crippen LogP contribution in [0.15, 0.2) is 24.5 Å². The van der Waals surface area contributed by atoms with Crippen LogP contribution >= 0.6 is 0 Å². The minimum Gasteiger partial charge on any atom is -0.478 e. The smallest absolute Gasteiger partial charge is 0.335 e. The average molecular weight is 306 g/mol. The van der Waals surface area contributed by atoms with Crippen molar-refractivity contribution in [1.29, 1.82) is 0 Å². The lowest BCUT2D eigenvalue weighted by Gasteiger charge is -2.15. The minimum absolute atomic E-state index is 0.234. The Morgan fingerprint density at radius 3 is 3.05 bits per heavy atom. The van der Waals surface area contributed by atoms with E-state index >= 15 is 0 Å². The van der Waals surface area contributed by atoms with Crippen LogP contribution in [0.2, 0.25) is 0 Å². The highest BCUT2D eigenvalue weighted by atomic mass is 16.5. The van der Waals surface area contributed by atoms with E-state index in [0.717, 1.165) is 18.8 Å². The van der Waals surface area contributed by atoms with Crippen LogP contribution in [0.25, 0.3) is 5.70 Å². The van der Waals surface area contributed by atoms with Crippen LogP contribution in [0.4, 0.5) is 0 Å². The molecule has 0 saturated heterocycles. The van der Waals surface area contributed by atoms with E-state index in [1.807, 2.05) is 20.3 Å². The van der Waals surface area contributed by atoms with Crippen LogP contribution in [0, 0.1) is 0 Å². The maximum Gasteiger partial charge on any atom is 0.335 e. The molecular formula is C15H22N4O3. The number of aromatic nitrogens is 1. The van der Waals surface area contributed by atoms with Crippen molar-refractivity contribution in [2.24, 2.45) is 0 Å². The Kier molecular flexibility index (Phi) is 5.74. The largest absolute Gasteiger partial charge is 0.478 e. The van der Waals surface area contributed by atoms with Crippen LogP contribution in [-0.2, 0) is 4.74 Å². The molecule has 1 aromatic heterocycles. The van der Waals surface area contributed by atoms with Gasteiger partial charge in [-0.3, -0.25) is 4.98 Å². The first-order chi connectivity index (χ1) is 10.6. The van der Waals surface area contributed by atoms with Crippen molar-refractivity contribution >= 4 is 11.7 Å². The number of nitrogens with one attached hydrogen (secondary N) is 1. The second-order valence-electron chi connectivity index (χ2n) is 5.34. The molecule has 2 rings (SSSR count). The van der Waals surface area contributed by atoms with E-state index in [0.29, 0.717) is 25.6 Å². The van der Waals surface area contributed by atoms with Gasteiger partial charge in [-0.15, -0.1) is 0 Å². The molecule has 0 aliphatic carbocycles. The van der Waals surface area contributed by atoms with Crippen LogP contribution in [0.3, 0.4) is 0 Å². The molecule has 0 saturated carbocycles. The molecule has 0 aromatic carbocycles. The fourth-order valence-electron chi connectivity index (χ4n) is 2.00. The number of carbonyl (C=O) groups is 1. The second kappa shape index (κ2) is 7.77. The molecule has 7 nitrogen and oxygen atoms in total. The Morgan fingerprint density at radius 1 is 1.50 bits per heavy atom. The summed E-state index contributed by atoms with van der Waals surface area (Å²) in [6.07, 6.45) is 3.46. The van der Waals surface area contributed by atoms with E-state index in [1.54, 1.807) is 6.07 Å². The average Bonchev–Trinajstić information content (AvgIpc) is 2.95. The number of hydrogen-bond donors (Lipinski definition) is 2. The summed E-state index contributed by atoms with van der Waals surface area (Å²) in [5.74, 6) is -0.951. The van der Waals surface area contributed by atoms with E-state index < -0.39 is 5.97 Å². The van der Waals surface area contributed by atoms with Gasteiger partial charge in [-0.25, -0.2) is 4.79 Å². The number of ether oxygens (including phenoxy) is 1. The summed E-state index contributed by atoms with van der Waals surface area (Å²) in [5, 5.41) is 12.2. The monoisotopic (exact) mass is 306 g/mol. The lowest BCUT2D eigenvalue weighted by Crippen LogP contribution is -2.26. The number of hydrogen-bond acceptors (Lipinski definition) is 6. The summed E-state index contributed by atoms with van der Waals surface area (Å²) in [4.78, 5) is 19.4. The van der Waals surface area contributed by atoms with Crippen LogP contribution < -0.4 is 5.32 Å². The molecule has 2 heterocycles. The number of aromatic carboxylic acids is 1. The molecule has 0 radical (unpaired) electrons. The zero-order valence-corrected chi connectivity index (χ0v) is 13.0. The molecule has 22 heavy (non-hydrogen) atoms. The van der Waals surface area contributed by atoms with Gasteiger partial charge in [0.05, 0.1) is 36.8 Å². The third kappa shape index (κ3) is 4.71. The summed E-state index contributed by atoms with van der Waals surface area (Å²) < 4.78 is 5.56. The Balaban J connectivity index is 1.84. The van der Waals surface area contributed by atoms with E-state index in [-0.39, 0.29) is 5.56 Å². The first-order valence-corrected chi connectivity index (χ1v) is 7.18. The topological polar surface area (TPSA) is 77.9 Å². The van der Waals surface area contributed by atoms with E-state index in [2.05, 4.69) is 20.1 Å². The molecule has 120 valence electrons. The van der Waals surface area contributed by atoms with Gasteiger partial charge < -0.3 is 25.0 Å². The predicted octanol–water partition coefficient (Wildman–Crippen LogP) is 0.519. The Morgan fingerprint density at radius 2 is 2.32 bits per heavy atom. The summed E-state index contributed by atoms with van der Waals surface area (Å²) in [6.45, 7) is 3.73. The highest BCUT2D eigenvalue weighted by Gasteiger charge is 2.15. The Bertz CT molecular complexity index is 545. The summed E-state index contributed by atoms with van der Waals surface area (Å²) in [6, 6.07) is 3.05. The van der Waals surface area contributed by atoms with Crippen molar-refractivity contribution < 1.29 is 14.6 Å². The van der Waals surface area contributed by atoms with Gasteiger partial charge in [0, 0.05) is 25.5 Å². The Hall–Kier alpha value is -2.12. The summed E-state index contributed by atoms with van der Waals surface area (Å²) >= 11 is 0. The number of likely N-dealkylation sites (N-methyl/N-ethyl adjacent to an activating group) is 1. The van der Waals surface area contributed by atoms with E-state index in [9.17, 15) is 4.79 Å². The molecule has 0 fully saturated rings. The van der Waals surface area contributed by atoms with Crippen LogP contribution in [0.5, 0.6) is 0 Å². The maximum absolute atomic E-state index is 11.0. The van der Waals surface area contributed by atoms with Gasteiger partial charge in [-0.05, 0) is 26.2 Å². The quantitative estimate of drug-likeness (QED) is 0.678. The number of rotatable bonds is 8. The lowest BCUT2D eigenvalue weighted by molar-refractivity contribution is 0.0696. The van der Waals surface area contributed by atoms with Gasteiger partial charge in [0.25, 0.3) is 0 Å². The van der Waals surface area contributed by atoms with E-state index in [1.165, 1.54) is 12.3 Å². The third-order valence-corrected chi connectivity index (χ3v) is 3.27. The third-order valence-electron chi connectivity index (χ3n) is 3.27. The van der Waals surface area contributed by atoms with Crippen molar-refractivity contribution in [3.63, 3.8) is 0 Å². The number of pyridine rings is 1. The standard InChI is InChI=1S/C15H22N4O3/c1-18(2)5-7-22-8-6-19-10-14(17-11-19)13-9-12(15(20)21)3-4-16-13/h3-4,9-10,17H,5-8,11H2,1-2H3,(H,20,21). The zero-order valence-electron chi connectivity index (χ0n) is 13.0. The zero-order chi connectivity index (χ0) is 15.9.